The molecule has 23 heavy (non-hydrogen) atoms. The van der Waals surface area contributed by atoms with Crippen molar-refractivity contribution in [3.8, 4) is 11.5 Å². The molecular weight excluding hydrogens is 340 g/mol. The minimum Gasteiger partial charge on any atom is -0.493 e. The van der Waals surface area contributed by atoms with E-state index in [1.54, 1.807) is 38.5 Å². The third kappa shape index (κ3) is 4.28. The molecule has 0 heterocycles. The Labute approximate surface area is 140 Å². The van der Waals surface area contributed by atoms with Crippen LogP contribution in [0, 0.1) is 0 Å². The molecule has 0 spiro atoms. The predicted octanol–water partition coefficient (Wildman–Crippen LogP) is 2.62. The Hall–Kier alpha value is -1.96. The molecule has 2 rings (SSSR count). The molecule has 0 aromatic heterocycles. The number of hydrogen-bond acceptors (Lipinski definition) is 5. The number of primary sulfonamides is 1. The molecule has 8 heteroatoms. The van der Waals surface area contributed by atoms with E-state index in [1.165, 1.54) is 12.1 Å². The van der Waals surface area contributed by atoms with Gasteiger partial charge in [0.15, 0.2) is 11.5 Å². The largest absolute Gasteiger partial charge is 0.493 e. The lowest BCUT2D eigenvalue weighted by Crippen LogP contribution is -2.12. The van der Waals surface area contributed by atoms with Crippen LogP contribution in [0.15, 0.2) is 41.3 Å². The summed E-state index contributed by atoms with van der Waals surface area (Å²) >= 11 is 6.22. The quantitative estimate of drug-likeness (QED) is 0.830. The van der Waals surface area contributed by atoms with Crippen LogP contribution in [0.5, 0.6) is 11.5 Å². The van der Waals surface area contributed by atoms with E-state index in [0.717, 1.165) is 11.3 Å². The molecule has 0 aliphatic heterocycles. The maximum absolute atomic E-state index is 11.2. The normalized spacial score (nSPS) is 11.1. The van der Waals surface area contributed by atoms with Crippen molar-refractivity contribution in [2.24, 2.45) is 5.14 Å². The van der Waals surface area contributed by atoms with Gasteiger partial charge < -0.3 is 14.8 Å². The number of methoxy groups -OCH3 is 2. The van der Waals surface area contributed by atoms with Crippen molar-refractivity contribution in [3.05, 3.63) is 47.0 Å². The van der Waals surface area contributed by atoms with Gasteiger partial charge >= 0.3 is 0 Å². The van der Waals surface area contributed by atoms with Crippen LogP contribution < -0.4 is 19.9 Å². The van der Waals surface area contributed by atoms with Crippen molar-refractivity contribution in [2.45, 2.75) is 11.4 Å². The SMILES string of the molecule is COc1cc(Cl)c(CNc2ccc(S(N)(=O)=O)cc2)cc1OC. The van der Waals surface area contributed by atoms with Crippen LogP contribution in [0.1, 0.15) is 5.56 Å². The molecule has 0 saturated carbocycles. The van der Waals surface area contributed by atoms with E-state index in [9.17, 15) is 8.42 Å². The molecule has 3 N–H and O–H groups in total. The van der Waals surface area contributed by atoms with E-state index in [2.05, 4.69) is 5.32 Å². The van der Waals surface area contributed by atoms with Crippen molar-refractivity contribution in [3.63, 3.8) is 0 Å². The Kier molecular flexibility index (Phi) is 5.35. The lowest BCUT2D eigenvalue weighted by molar-refractivity contribution is 0.354. The molecule has 0 aliphatic rings. The highest BCUT2D eigenvalue weighted by atomic mass is 35.5. The fraction of sp³-hybridized carbons (Fsp3) is 0.200. The topological polar surface area (TPSA) is 90.6 Å². The fourth-order valence-corrected chi connectivity index (χ4v) is 2.73. The molecule has 2 aromatic carbocycles. The van der Waals surface area contributed by atoms with Gasteiger partial charge in [0.1, 0.15) is 0 Å². The zero-order valence-electron chi connectivity index (χ0n) is 12.7. The third-order valence-corrected chi connectivity index (χ3v) is 4.50. The number of rotatable bonds is 6. The van der Waals surface area contributed by atoms with Crippen molar-refractivity contribution in [1.29, 1.82) is 0 Å². The van der Waals surface area contributed by atoms with Gasteiger partial charge in [0.25, 0.3) is 0 Å². The van der Waals surface area contributed by atoms with Crippen molar-refractivity contribution < 1.29 is 17.9 Å². The number of ether oxygens (including phenoxy) is 2. The summed E-state index contributed by atoms with van der Waals surface area (Å²) in [6.45, 7) is 0.438. The Bertz CT molecular complexity index is 792. The number of nitrogens with one attached hydrogen (secondary N) is 1. The number of benzene rings is 2. The van der Waals surface area contributed by atoms with Crippen molar-refractivity contribution in [1.82, 2.24) is 0 Å². The molecule has 0 atom stereocenters. The summed E-state index contributed by atoms with van der Waals surface area (Å²) in [6, 6.07) is 9.61. The first-order chi connectivity index (χ1) is 10.8. The molecule has 124 valence electrons. The molecule has 6 nitrogen and oxygen atoms in total. The van der Waals surface area contributed by atoms with E-state index in [1.807, 2.05) is 0 Å². The van der Waals surface area contributed by atoms with Crippen LogP contribution in [-0.4, -0.2) is 22.6 Å². The number of sulfonamides is 1. The average Bonchev–Trinajstić information content (AvgIpc) is 2.53. The second-order valence-electron chi connectivity index (χ2n) is 4.72. The highest BCUT2D eigenvalue weighted by Gasteiger charge is 2.10. The maximum Gasteiger partial charge on any atom is 0.238 e. The van der Waals surface area contributed by atoms with Crippen LogP contribution in [0.2, 0.25) is 5.02 Å². The molecule has 0 bridgehead atoms. The van der Waals surface area contributed by atoms with Gasteiger partial charge in [-0.05, 0) is 35.9 Å². The molecule has 2 aromatic rings. The highest BCUT2D eigenvalue weighted by Crippen LogP contribution is 2.33. The van der Waals surface area contributed by atoms with Gasteiger partial charge in [0.05, 0.1) is 19.1 Å². The van der Waals surface area contributed by atoms with Gasteiger partial charge in [-0.3, -0.25) is 0 Å². The van der Waals surface area contributed by atoms with E-state index in [0.29, 0.717) is 23.1 Å². The van der Waals surface area contributed by atoms with E-state index < -0.39 is 10.0 Å². The lowest BCUT2D eigenvalue weighted by Gasteiger charge is -2.13. The van der Waals surface area contributed by atoms with Gasteiger partial charge in [0.2, 0.25) is 10.0 Å². The van der Waals surface area contributed by atoms with Crippen LogP contribution in [0.4, 0.5) is 5.69 Å². The average molecular weight is 357 g/mol. The molecule has 0 amide bonds. The Morgan fingerprint density at radius 3 is 2.17 bits per heavy atom. The van der Waals surface area contributed by atoms with E-state index in [-0.39, 0.29) is 4.90 Å². The van der Waals surface area contributed by atoms with Crippen molar-refractivity contribution >= 4 is 27.3 Å². The van der Waals surface area contributed by atoms with Crippen LogP contribution >= 0.6 is 11.6 Å². The van der Waals surface area contributed by atoms with Gasteiger partial charge in [0, 0.05) is 23.3 Å². The Balaban J connectivity index is 2.15. The molecular formula is C15H17ClN2O4S. The fourth-order valence-electron chi connectivity index (χ4n) is 1.99. The first-order valence-corrected chi connectivity index (χ1v) is 8.54. The van der Waals surface area contributed by atoms with Crippen molar-refractivity contribution in [2.75, 3.05) is 19.5 Å². The van der Waals surface area contributed by atoms with E-state index in [4.69, 9.17) is 26.2 Å². The summed E-state index contributed by atoms with van der Waals surface area (Å²) in [5.41, 5.74) is 1.56. The molecule has 0 radical (unpaired) electrons. The standard InChI is InChI=1S/C15H17ClN2O4S/c1-21-14-7-10(13(16)8-15(14)22-2)9-18-11-3-5-12(6-4-11)23(17,19)20/h3-8,18H,9H2,1-2H3,(H2,17,19,20). The molecule has 0 saturated heterocycles. The van der Waals surface area contributed by atoms with E-state index >= 15 is 0 Å². The van der Waals surface area contributed by atoms with Gasteiger partial charge in [-0.1, -0.05) is 11.6 Å². The van der Waals surface area contributed by atoms with Crippen LogP contribution in [0.25, 0.3) is 0 Å². The summed E-state index contributed by atoms with van der Waals surface area (Å²) in [6.07, 6.45) is 0. The molecule has 0 aliphatic carbocycles. The Morgan fingerprint density at radius 1 is 1.09 bits per heavy atom. The third-order valence-electron chi connectivity index (χ3n) is 3.22. The molecule has 0 fully saturated rings. The first kappa shape index (κ1) is 17.4. The lowest BCUT2D eigenvalue weighted by atomic mass is 10.2. The number of nitrogens with two attached hydrogens (primary N) is 1. The minimum absolute atomic E-state index is 0.0622. The van der Waals surface area contributed by atoms with Crippen LogP contribution in [-0.2, 0) is 16.6 Å². The first-order valence-electron chi connectivity index (χ1n) is 6.62. The summed E-state index contributed by atoms with van der Waals surface area (Å²) in [7, 11) is -0.598. The minimum atomic E-state index is -3.69. The smallest absolute Gasteiger partial charge is 0.238 e. The monoisotopic (exact) mass is 356 g/mol. The number of halogens is 1. The van der Waals surface area contributed by atoms with Gasteiger partial charge in [-0.15, -0.1) is 0 Å². The Morgan fingerprint density at radius 2 is 1.65 bits per heavy atom. The predicted molar refractivity (Wildman–Crippen MR) is 89.7 cm³/mol. The zero-order valence-corrected chi connectivity index (χ0v) is 14.2. The number of hydrogen-bond donors (Lipinski definition) is 2. The highest BCUT2D eigenvalue weighted by molar-refractivity contribution is 7.89. The van der Waals surface area contributed by atoms with Gasteiger partial charge in [-0.2, -0.15) is 0 Å². The van der Waals surface area contributed by atoms with Crippen LogP contribution in [0.3, 0.4) is 0 Å². The summed E-state index contributed by atoms with van der Waals surface area (Å²) < 4.78 is 32.9. The maximum atomic E-state index is 11.2. The second-order valence-corrected chi connectivity index (χ2v) is 6.69. The zero-order chi connectivity index (χ0) is 17.0. The molecule has 0 unspecified atom stereocenters. The second kappa shape index (κ2) is 7.08. The number of anilines is 1. The summed E-state index contributed by atoms with van der Waals surface area (Å²) in [5.74, 6) is 1.14. The summed E-state index contributed by atoms with van der Waals surface area (Å²) in [5, 5.41) is 8.75. The summed E-state index contributed by atoms with van der Waals surface area (Å²) in [4.78, 5) is 0.0622. The van der Waals surface area contributed by atoms with Gasteiger partial charge in [-0.25, -0.2) is 13.6 Å².